The highest BCUT2D eigenvalue weighted by Crippen LogP contribution is 2.23. The summed E-state index contributed by atoms with van der Waals surface area (Å²) in [5, 5.41) is 3.96. The Balaban J connectivity index is 1.78. The van der Waals surface area contributed by atoms with Crippen LogP contribution in [0.3, 0.4) is 0 Å². The lowest BCUT2D eigenvalue weighted by atomic mass is 9.89. The quantitative estimate of drug-likeness (QED) is 0.860. The van der Waals surface area contributed by atoms with Gasteiger partial charge in [0, 0.05) is 30.7 Å². The number of nitrogens with one attached hydrogen (secondary N) is 1. The number of carbonyl (C=O) groups excluding carboxylic acids is 1. The Morgan fingerprint density at radius 1 is 1.33 bits per heavy atom. The summed E-state index contributed by atoms with van der Waals surface area (Å²) in [6, 6.07) is 5.76. The van der Waals surface area contributed by atoms with Crippen LogP contribution in [0.15, 0.2) is 24.4 Å². The molecule has 1 N–H and O–H groups in total. The molecule has 2 aromatic rings. The van der Waals surface area contributed by atoms with E-state index >= 15 is 0 Å². The largest absolute Gasteiger partial charge is 0.352 e. The first-order valence-electron chi connectivity index (χ1n) is 7.78. The van der Waals surface area contributed by atoms with Gasteiger partial charge in [-0.1, -0.05) is 36.9 Å². The number of nitrogens with zero attached hydrogens (tertiary/aromatic N) is 1. The maximum absolute atomic E-state index is 12.5. The second-order valence-electron chi connectivity index (χ2n) is 6.11. The minimum Gasteiger partial charge on any atom is -0.352 e. The van der Waals surface area contributed by atoms with Crippen LogP contribution in [-0.2, 0) is 7.05 Å². The van der Waals surface area contributed by atoms with Gasteiger partial charge in [-0.3, -0.25) is 4.79 Å². The fourth-order valence-corrected chi connectivity index (χ4v) is 3.37. The van der Waals surface area contributed by atoms with Crippen molar-refractivity contribution in [3.8, 4) is 0 Å². The maximum Gasteiger partial charge on any atom is 0.253 e. The average molecular weight is 280 g/mol. The van der Waals surface area contributed by atoms with Crippen molar-refractivity contribution in [1.82, 2.24) is 9.88 Å². The Hall–Kier alpha value is -1.71. The summed E-state index contributed by atoms with van der Waals surface area (Å²) in [6.45, 7) is 0.780. The standard InChI is InChI=1S/C17H21BN2O/c1-20-11-13(16-14(18)8-5-9-15(16)20)17(21)19-10-12-6-3-2-4-7-12/h5,8-9,11-12H,2-4,6-7,10H2,1H3,(H,19,21). The summed E-state index contributed by atoms with van der Waals surface area (Å²) in [5.41, 5.74) is 2.34. The first-order chi connectivity index (χ1) is 10.2. The number of amides is 1. The van der Waals surface area contributed by atoms with Crippen molar-refractivity contribution in [2.45, 2.75) is 32.1 Å². The van der Waals surface area contributed by atoms with Gasteiger partial charge in [0.15, 0.2) is 0 Å². The van der Waals surface area contributed by atoms with Crippen LogP contribution in [0.1, 0.15) is 42.5 Å². The van der Waals surface area contributed by atoms with E-state index < -0.39 is 0 Å². The van der Waals surface area contributed by atoms with Gasteiger partial charge in [0.2, 0.25) is 0 Å². The fraction of sp³-hybridized carbons (Fsp3) is 0.471. The van der Waals surface area contributed by atoms with Crippen LogP contribution < -0.4 is 10.8 Å². The van der Waals surface area contributed by atoms with Gasteiger partial charge in [0.25, 0.3) is 5.91 Å². The molecule has 1 amide bonds. The van der Waals surface area contributed by atoms with E-state index in [9.17, 15) is 4.79 Å². The Morgan fingerprint density at radius 3 is 2.86 bits per heavy atom. The van der Waals surface area contributed by atoms with Gasteiger partial charge in [0.05, 0.1) is 5.56 Å². The van der Waals surface area contributed by atoms with Crippen LogP contribution in [0, 0.1) is 5.92 Å². The van der Waals surface area contributed by atoms with Crippen molar-refractivity contribution < 1.29 is 4.79 Å². The molecule has 1 saturated carbocycles. The number of fused-ring (bicyclic) bond motifs is 1. The molecule has 21 heavy (non-hydrogen) atoms. The van der Waals surface area contributed by atoms with E-state index in [1.54, 1.807) is 0 Å². The zero-order valence-electron chi connectivity index (χ0n) is 12.6. The number of benzene rings is 1. The molecule has 1 heterocycles. The third kappa shape index (κ3) is 2.85. The Kier molecular flexibility index (Phi) is 4.04. The monoisotopic (exact) mass is 280 g/mol. The summed E-state index contributed by atoms with van der Waals surface area (Å²) in [4.78, 5) is 12.5. The van der Waals surface area contributed by atoms with Crippen molar-refractivity contribution in [2.24, 2.45) is 13.0 Å². The maximum atomic E-state index is 12.5. The highest BCUT2D eigenvalue weighted by atomic mass is 16.1. The molecule has 3 nitrogen and oxygen atoms in total. The first-order valence-corrected chi connectivity index (χ1v) is 7.78. The van der Waals surface area contributed by atoms with Crippen LogP contribution in [0.25, 0.3) is 10.9 Å². The van der Waals surface area contributed by atoms with Gasteiger partial charge in [-0.05, 0) is 24.8 Å². The van der Waals surface area contributed by atoms with E-state index in [-0.39, 0.29) is 5.91 Å². The van der Waals surface area contributed by atoms with Crippen LogP contribution in [0.2, 0.25) is 0 Å². The van der Waals surface area contributed by atoms with Crippen molar-refractivity contribution in [1.29, 1.82) is 0 Å². The summed E-state index contributed by atoms with van der Waals surface area (Å²) < 4.78 is 1.96. The Labute approximate surface area is 127 Å². The van der Waals surface area contributed by atoms with Crippen LogP contribution in [0.4, 0.5) is 0 Å². The third-order valence-electron chi connectivity index (χ3n) is 4.57. The minimum atomic E-state index is -0.0101. The summed E-state index contributed by atoms with van der Waals surface area (Å²) in [6.07, 6.45) is 8.26. The Morgan fingerprint density at radius 2 is 2.10 bits per heavy atom. The molecule has 2 radical (unpaired) electrons. The molecule has 1 aromatic heterocycles. The van der Waals surface area contributed by atoms with Crippen LogP contribution >= 0.6 is 0 Å². The zero-order valence-corrected chi connectivity index (χ0v) is 12.6. The molecule has 1 fully saturated rings. The van der Waals surface area contributed by atoms with Crippen LogP contribution in [-0.4, -0.2) is 24.9 Å². The SMILES string of the molecule is [B]c1cccc2c1c(C(=O)NCC1CCCCC1)cn2C. The van der Waals surface area contributed by atoms with Gasteiger partial charge >= 0.3 is 0 Å². The van der Waals surface area contributed by atoms with Gasteiger partial charge < -0.3 is 9.88 Å². The highest BCUT2D eigenvalue weighted by Gasteiger charge is 2.18. The smallest absolute Gasteiger partial charge is 0.253 e. The fourth-order valence-electron chi connectivity index (χ4n) is 3.37. The molecule has 3 rings (SSSR count). The predicted molar refractivity (Wildman–Crippen MR) is 87.2 cm³/mol. The van der Waals surface area contributed by atoms with E-state index in [2.05, 4.69) is 5.32 Å². The number of rotatable bonds is 3. The molecule has 4 heteroatoms. The van der Waals surface area contributed by atoms with E-state index in [1.165, 1.54) is 32.1 Å². The third-order valence-corrected chi connectivity index (χ3v) is 4.57. The molecular formula is C17H21BN2O. The number of aryl methyl sites for hydroxylation is 1. The molecule has 0 atom stereocenters. The summed E-state index contributed by atoms with van der Waals surface area (Å²) in [5.74, 6) is 0.624. The van der Waals surface area contributed by atoms with Crippen molar-refractivity contribution >= 4 is 30.1 Å². The van der Waals surface area contributed by atoms with E-state index in [1.807, 2.05) is 36.0 Å². The van der Waals surface area contributed by atoms with E-state index in [0.717, 1.165) is 17.4 Å². The van der Waals surface area contributed by atoms with Crippen molar-refractivity contribution in [3.05, 3.63) is 30.0 Å². The number of hydrogen-bond acceptors (Lipinski definition) is 1. The van der Waals surface area contributed by atoms with Gasteiger partial charge in [-0.15, -0.1) is 0 Å². The second-order valence-corrected chi connectivity index (χ2v) is 6.11. The van der Waals surface area contributed by atoms with Gasteiger partial charge in [-0.25, -0.2) is 0 Å². The first kappa shape index (κ1) is 14.2. The molecule has 0 bridgehead atoms. The van der Waals surface area contributed by atoms with E-state index in [0.29, 0.717) is 16.9 Å². The van der Waals surface area contributed by atoms with E-state index in [4.69, 9.17) is 7.85 Å². The normalized spacial score (nSPS) is 16.2. The molecule has 0 aliphatic heterocycles. The predicted octanol–water partition coefficient (Wildman–Crippen LogP) is 2.28. The molecular weight excluding hydrogens is 259 g/mol. The molecule has 1 aliphatic rings. The minimum absolute atomic E-state index is 0.0101. The van der Waals surface area contributed by atoms with Crippen molar-refractivity contribution in [3.63, 3.8) is 0 Å². The molecule has 108 valence electrons. The lowest BCUT2D eigenvalue weighted by Gasteiger charge is -2.21. The topological polar surface area (TPSA) is 34.0 Å². The van der Waals surface area contributed by atoms with Gasteiger partial charge in [-0.2, -0.15) is 0 Å². The van der Waals surface area contributed by atoms with Gasteiger partial charge in [0.1, 0.15) is 7.85 Å². The molecule has 0 saturated heterocycles. The number of carbonyl (C=O) groups is 1. The zero-order chi connectivity index (χ0) is 14.8. The lowest BCUT2D eigenvalue weighted by molar-refractivity contribution is 0.0945. The molecule has 1 aliphatic carbocycles. The molecule has 1 aromatic carbocycles. The molecule has 0 spiro atoms. The molecule has 0 unspecified atom stereocenters. The average Bonchev–Trinajstić information content (AvgIpc) is 2.85. The Bertz CT molecular complexity index is 656. The van der Waals surface area contributed by atoms with Crippen LogP contribution in [0.5, 0.6) is 0 Å². The number of hydrogen-bond donors (Lipinski definition) is 1. The summed E-state index contributed by atoms with van der Waals surface area (Å²) in [7, 11) is 8.00. The highest BCUT2D eigenvalue weighted by molar-refractivity contribution is 6.40. The lowest BCUT2D eigenvalue weighted by Crippen LogP contribution is -2.30. The summed E-state index contributed by atoms with van der Waals surface area (Å²) >= 11 is 0. The number of aromatic nitrogens is 1. The van der Waals surface area contributed by atoms with Crippen molar-refractivity contribution in [2.75, 3.05) is 6.54 Å². The second kappa shape index (κ2) is 5.96.